The van der Waals surface area contributed by atoms with E-state index in [1.807, 2.05) is 55.2 Å². The van der Waals surface area contributed by atoms with E-state index in [2.05, 4.69) is 15.1 Å². The highest BCUT2D eigenvalue weighted by Gasteiger charge is 2.23. The summed E-state index contributed by atoms with van der Waals surface area (Å²) in [7, 11) is 3.83. The van der Waals surface area contributed by atoms with Gasteiger partial charge >= 0.3 is 0 Å². The highest BCUT2D eigenvalue weighted by Crippen LogP contribution is 2.21. The number of aromatic nitrogens is 3. The molecule has 31 heavy (non-hydrogen) atoms. The summed E-state index contributed by atoms with van der Waals surface area (Å²) < 4.78 is 15.0. The fourth-order valence-corrected chi connectivity index (χ4v) is 4.30. The molecule has 7 heteroatoms. The number of nitrogens with one attached hydrogen (secondary N) is 1. The van der Waals surface area contributed by atoms with Crippen molar-refractivity contribution < 1.29 is 9.18 Å². The van der Waals surface area contributed by atoms with Crippen molar-refractivity contribution in [1.82, 2.24) is 24.6 Å². The SMILES string of the molecule is CN(CC1CCN(CCc2ccc(F)cc2)CC1)C(=O)c1cc(-c2cccn2C)n[nH]1. The lowest BCUT2D eigenvalue weighted by molar-refractivity contribution is 0.0734. The number of halogens is 1. The van der Waals surface area contributed by atoms with Crippen LogP contribution in [-0.2, 0) is 13.5 Å². The second-order valence-electron chi connectivity index (χ2n) is 8.52. The van der Waals surface area contributed by atoms with E-state index in [9.17, 15) is 9.18 Å². The average Bonchev–Trinajstić information content (AvgIpc) is 3.42. The molecule has 1 aliphatic rings. The molecule has 0 bridgehead atoms. The summed E-state index contributed by atoms with van der Waals surface area (Å²) in [5.41, 5.74) is 3.45. The second-order valence-corrected chi connectivity index (χ2v) is 8.52. The van der Waals surface area contributed by atoms with Crippen LogP contribution >= 0.6 is 0 Å². The zero-order valence-corrected chi connectivity index (χ0v) is 18.2. The number of carbonyl (C=O) groups excluding carboxylic acids is 1. The predicted molar refractivity (Wildman–Crippen MR) is 119 cm³/mol. The fourth-order valence-electron chi connectivity index (χ4n) is 4.30. The van der Waals surface area contributed by atoms with Crippen LogP contribution in [-0.4, -0.2) is 63.7 Å². The number of rotatable bonds is 7. The maximum atomic E-state index is 13.0. The van der Waals surface area contributed by atoms with Gasteiger partial charge in [-0.25, -0.2) is 4.39 Å². The summed E-state index contributed by atoms with van der Waals surface area (Å²) in [5.74, 6) is 0.299. The minimum atomic E-state index is -0.186. The molecule has 3 aromatic rings. The molecule has 1 N–H and O–H groups in total. The fraction of sp³-hybridized carbons (Fsp3) is 0.417. The molecule has 6 nitrogen and oxygen atoms in total. The number of carbonyl (C=O) groups is 1. The van der Waals surface area contributed by atoms with E-state index in [1.54, 1.807) is 4.90 Å². The maximum absolute atomic E-state index is 13.0. The van der Waals surface area contributed by atoms with Crippen LogP contribution in [0.2, 0.25) is 0 Å². The minimum absolute atomic E-state index is 0.0216. The summed E-state index contributed by atoms with van der Waals surface area (Å²) in [4.78, 5) is 17.1. The molecule has 1 saturated heterocycles. The maximum Gasteiger partial charge on any atom is 0.271 e. The van der Waals surface area contributed by atoms with Crippen LogP contribution in [0.15, 0.2) is 48.7 Å². The number of likely N-dealkylation sites (tertiary alicyclic amines) is 1. The van der Waals surface area contributed by atoms with E-state index in [0.29, 0.717) is 11.6 Å². The molecule has 0 radical (unpaired) electrons. The molecule has 1 aliphatic heterocycles. The van der Waals surface area contributed by atoms with Crippen molar-refractivity contribution in [3.63, 3.8) is 0 Å². The molecule has 0 unspecified atom stereocenters. The number of amides is 1. The number of hydrogen-bond donors (Lipinski definition) is 1. The lowest BCUT2D eigenvalue weighted by Gasteiger charge is -2.33. The Hall–Kier alpha value is -2.93. The van der Waals surface area contributed by atoms with Crippen molar-refractivity contribution in [2.24, 2.45) is 13.0 Å². The number of benzene rings is 1. The Morgan fingerprint density at radius 1 is 1.23 bits per heavy atom. The largest absolute Gasteiger partial charge is 0.349 e. The highest BCUT2D eigenvalue weighted by atomic mass is 19.1. The van der Waals surface area contributed by atoms with Gasteiger partial charge in [0, 0.05) is 33.4 Å². The van der Waals surface area contributed by atoms with Gasteiger partial charge in [-0.15, -0.1) is 0 Å². The zero-order valence-electron chi connectivity index (χ0n) is 18.2. The van der Waals surface area contributed by atoms with E-state index < -0.39 is 0 Å². The van der Waals surface area contributed by atoms with E-state index in [4.69, 9.17) is 0 Å². The lowest BCUT2D eigenvalue weighted by Crippen LogP contribution is -2.40. The predicted octanol–water partition coefficient (Wildman–Crippen LogP) is 3.58. The smallest absolute Gasteiger partial charge is 0.271 e. The Balaban J connectivity index is 1.24. The van der Waals surface area contributed by atoms with E-state index in [1.165, 1.54) is 17.7 Å². The van der Waals surface area contributed by atoms with Crippen LogP contribution in [0.4, 0.5) is 4.39 Å². The molecule has 1 amide bonds. The molecule has 1 fully saturated rings. The van der Waals surface area contributed by atoms with Gasteiger partial charge in [-0.1, -0.05) is 12.1 Å². The van der Waals surface area contributed by atoms with Crippen LogP contribution in [0.3, 0.4) is 0 Å². The van der Waals surface area contributed by atoms with Gasteiger partial charge in [-0.05, 0) is 74.2 Å². The number of H-pyrrole nitrogens is 1. The molecule has 3 heterocycles. The first-order chi connectivity index (χ1) is 15.0. The average molecular weight is 424 g/mol. The van der Waals surface area contributed by atoms with Gasteiger partial charge in [0.25, 0.3) is 5.91 Å². The summed E-state index contributed by atoms with van der Waals surface area (Å²) in [6.07, 6.45) is 5.06. The number of aryl methyl sites for hydroxylation is 1. The number of hydrogen-bond acceptors (Lipinski definition) is 3. The van der Waals surface area contributed by atoms with Gasteiger partial charge < -0.3 is 14.4 Å². The third-order valence-corrected chi connectivity index (χ3v) is 6.23. The van der Waals surface area contributed by atoms with Gasteiger partial charge in [-0.3, -0.25) is 9.89 Å². The molecule has 0 spiro atoms. The van der Waals surface area contributed by atoms with Crippen molar-refractivity contribution in [1.29, 1.82) is 0 Å². The van der Waals surface area contributed by atoms with Gasteiger partial charge in [0.2, 0.25) is 0 Å². The van der Waals surface area contributed by atoms with Crippen molar-refractivity contribution >= 4 is 5.91 Å². The van der Waals surface area contributed by atoms with Crippen LogP contribution in [0.1, 0.15) is 28.9 Å². The Morgan fingerprint density at radius 3 is 2.65 bits per heavy atom. The molecule has 0 aliphatic carbocycles. The Morgan fingerprint density at radius 2 is 1.97 bits per heavy atom. The number of aromatic amines is 1. The van der Waals surface area contributed by atoms with Crippen molar-refractivity contribution in [2.45, 2.75) is 19.3 Å². The minimum Gasteiger partial charge on any atom is -0.349 e. The van der Waals surface area contributed by atoms with Crippen molar-refractivity contribution in [3.05, 3.63) is 65.7 Å². The Labute approximate surface area is 182 Å². The second kappa shape index (κ2) is 9.47. The van der Waals surface area contributed by atoms with Crippen molar-refractivity contribution in [2.75, 3.05) is 33.2 Å². The first-order valence-electron chi connectivity index (χ1n) is 10.9. The quantitative estimate of drug-likeness (QED) is 0.632. The molecule has 1 aromatic carbocycles. The normalized spacial score (nSPS) is 15.3. The first-order valence-corrected chi connectivity index (χ1v) is 10.9. The summed E-state index contributed by atoms with van der Waals surface area (Å²) in [6, 6.07) is 12.5. The molecule has 0 saturated carbocycles. The van der Waals surface area contributed by atoms with Gasteiger partial charge in [0.1, 0.15) is 17.2 Å². The van der Waals surface area contributed by atoms with Gasteiger partial charge in [0.05, 0.1) is 5.69 Å². The zero-order chi connectivity index (χ0) is 21.8. The topological polar surface area (TPSA) is 57.2 Å². The summed E-state index contributed by atoms with van der Waals surface area (Å²) in [5, 5.41) is 7.20. The lowest BCUT2D eigenvalue weighted by atomic mass is 9.96. The third kappa shape index (κ3) is 5.22. The van der Waals surface area contributed by atoms with Crippen LogP contribution in [0, 0.1) is 11.7 Å². The first kappa shape index (κ1) is 21.3. The van der Waals surface area contributed by atoms with Gasteiger partial charge in [0.15, 0.2) is 0 Å². The Kier molecular flexibility index (Phi) is 6.51. The van der Waals surface area contributed by atoms with E-state index in [-0.39, 0.29) is 11.7 Å². The summed E-state index contributed by atoms with van der Waals surface area (Å²) in [6.45, 7) is 3.82. The molecule has 164 valence electrons. The highest BCUT2D eigenvalue weighted by molar-refractivity contribution is 5.93. The van der Waals surface area contributed by atoms with Crippen LogP contribution in [0.5, 0.6) is 0 Å². The molecule has 2 aromatic heterocycles. The molecule has 4 rings (SSSR count). The molecule has 0 atom stereocenters. The number of nitrogens with zero attached hydrogens (tertiary/aromatic N) is 4. The van der Waals surface area contributed by atoms with E-state index >= 15 is 0 Å². The molecular weight excluding hydrogens is 393 g/mol. The van der Waals surface area contributed by atoms with Gasteiger partial charge in [-0.2, -0.15) is 5.10 Å². The monoisotopic (exact) mass is 423 g/mol. The van der Waals surface area contributed by atoms with E-state index in [0.717, 1.165) is 56.8 Å². The van der Waals surface area contributed by atoms with Crippen LogP contribution < -0.4 is 0 Å². The molecular formula is C24H30FN5O. The van der Waals surface area contributed by atoms with Crippen LogP contribution in [0.25, 0.3) is 11.4 Å². The third-order valence-electron chi connectivity index (χ3n) is 6.23. The number of piperidine rings is 1. The standard InChI is InChI=1S/C24H30FN5O/c1-28-12-3-4-23(28)21-16-22(27-26-21)24(31)29(2)17-19-10-14-30(15-11-19)13-9-18-5-7-20(25)8-6-18/h3-8,12,16,19H,9-11,13-15,17H2,1-2H3,(H,26,27). The van der Waals surface area contributed by atoms with Crippen molar-refractivity contribution in [3.8, 4) is 11.4 Å². The Bertz CT molecular complexity index is 1000. The summed E-state index contributed by atoms with van der Waals surface area (Å²) >= 11 is 0.